The third-order valence-electron chi connectivity index (χ3n) is 2.64. The molecule has 0 aliphatic heterocycles. The minimum Gasteiger partial charge on any atom is -0.394 e. The van der Waals surface area contributed by atoms with Gasteiger partial charge in [-0.15, -0.1) is 0 Å². The Bertz CT molecular complexity index is 586. The van der Waals surface area contributed by atoms with E-state index in [4.69, 9.17) is 16.7 Å². The highest BCUT2D eigenvalue weighted by Crippen LogP contribution is 2.24. The monoisotopic (exact) mass is 264 g/mol. The minimum absolute atomic E-state index is 0.106. The fourth-order valence-corrected chi connectivity index (χ4v) is 1.90. The number of nitrogens with zero attached hydrogens (tertiary/aromatic N) is 1. The zero-order valence-corrected chi connectivity index (χ0v) is 10.6. The molecule has 94 valence electrons. The van der Waals surface area contributed by atoms with Crippen molar-refractivity contribution in [3.63, 3.8) is 0 Å². The van der Waals surface area contributed by atoms with Gasteiger partial charge >= 0.3 is 0 Å². The van der Waals surface area contributed by atoms with Crippen LogP contribution in [0.2, 0.25) is 5.15 Å². The van der Waals surface area contributed by atoms with Crippen molar-refractivity contribution >= 4 is 28.3 Å². The summed E-state index contributed by atoms with van der Waals surface area (Å²) in [5, 5.41) is 13.5. The smallest absolute Gasteiger partial charge is 0.253 e. The molecule has 5 heteroatoms. The maximum atomic E-state index is 12.0. The number of halogens is 1. The van der Waals surface area contributed by atoms with E-state index in [9.17, 15) is 4.79 Å². The van der Waals surface area contributed by atoms with Crippen LogP contribution in [0.5, 0.6) is 0 Å². The second kappa shape index (κ2) is 5.33. The van der Waals surface area contributed by atoms with Gasteiger partial charge in [0.2, 0.25) is 0 Å². The van der Waals surface area contributed by atoms with Crippen LogP contribution < -0.4 is 5.32 Å². The van der Waals surface area contributed by atoms with Crippen LogP contribution in [0.3, 0.4) is 0 Å². The molecule has 2 N–H and O–H groups in total. The molecule has 4 nitrogen and oxygen atoms in total. The number of pyridine rings is 1. The lowest BCUT2D eigenvalue weighted by atomic mass is 10.1. The van der Waals surface area contributed by atoms with E-state index in [0.29, 0.717) is 10.7 Å². The average molecular weight is 265 g/mol. The average Bonchev–Trinajstić information content (AvgIpc) is 2.39. The summed E-state index contributed by atoms with van der Waals surface area (Å²) in [4.78, 5) is 16.0. The van der Waals surface area contributed by atoms with Crippen LogP contribution in [-0.4, -0.2) is 28.6 Å². The highest BCUT2D eigenvalue weighted by atomic mass is 35.5. The molecule has 0 saturated heterocycles. The highest BCUT2D eigenvalue weighted by molar-refractivity contribution is 6.34. The number of benzene rings is 1. The zero-order chi connectivity index (χ0) is 13.1. The number of carbonyl (C=O) groups excluding carboxylic acids is 1. The van der Waals surface area contributed by atoms with Crippen LogP contribution in [0.25, 0.3) is 10.8 Å². The molecule has 0 radical (unpaired) electrons. The van der Waals surface area contributed by atoms with Crippen LogP contribution in [-0.2, 0) is 0 Å². The maximum Gasteiger partial charge on any atom is 0.253 e. The Hall–Kier alpha value is -1.65. The van der Waals surface area contributed by atoms with Gasteiger partial charge in [-0.1, -0.05) is 35.9 Å². The lowest BCUT2D eigenvalue weighted by molar-refractivity contribution is 0.0923. The number of amides is 1. The van der Waals surface area contributed by atoms with Crippen LogP contribution in [0.15, 0.2) is 30.5 Å². The predicted molar refractivity (Wildman–Crippen MR) is 70.8 cm³/mol. The standard InChI is InChI=1S/C13H13ClN2O2/c1-8(7-17)16-13(18)11-6-15-12(14)10-5-3-2-4-9(10)11/h2-6,8,17H,7H2,1H3,(H,16,18)/t8-/m0/s1. The van der Waals surface area contributed by atoms with Gasteiger partial charge in [-0.2, -0.15) is 0 Å². The van der Waals surface area contributed by atoms with Crippen molar-refractivity contribution in [3.05, 3.63) is 41.2 Å². The molecule has 1 heterocycles. The van der Waals surface area contributed by atoms with Crippen LogP contribution >= 0.6 is 11.6 Å². The normalized spacial score (nSPS) is 12.4. The second-order valence-electron chi connectivity index (χ2n) is 4.07. The van der Waals surface area contributed by atoms with Gasteiger partial charge in [0.05, 0.1) is 12.2 Å². The third-order valence-corrected chi connectivity index (χ3v) is 2.94. The van der Waals surface area contributed by atoms with E-state index in [-0.39, 0.29) is 18.6 Å². The van der Waals surface area contributed by atoms with Gasteiger partial charge in [-0.05, 0) is 12.3 Å². The summed E-state index contributed by atoms with van der Waals surface area (Å²) < 4.78 is 0. The summed E-state index contributed by atoms with van der Waals surface area (Å²) in [6.45, 7) is 1.62. The Balaban J connectivity index is 2.45. The van der Waals surface area contributed by atoms with Gasteiger partial charge in [0.25, 0.3) is 5.91 Å². The Morgan fingerprint density at radius 1 is 1.44 bits per heavy atom. The minimum atomic E-state index is -0.299. The molecule has 0 aliphatic rings. The first-order chi connectivity index (χ1) is 8.63. The fraction of sp³-hybridized carbons (Fsp3) is 0.231. The summed E-state index contributed by atoms with van der Waals surface area (Å²) in [6.07, 6.45) is 1.45. The lowest BCUT2D eigenvalue weighted by Crippen LogP contribution is -2.35. The molecular weight excluding hydrogens is 252 g/mol. The van der Waals surface area contributed by atoms with E-state index >= 15 is 0 Å². The number of carbonyl (C=O) groups is 1. The molecule has 0 aliphatic carbocycles. The van der Waals surface area contributed by atoms with Crippen molar-refractivity contribution in [3.8, 4) is 0 Å². The molecule has 2 aromatic rings. The number of nitrogens with one attached hydrogen (secondary N) is 1. The maximum absolute atomic E-state index is 12.0. The first kappa shape index (κ1) is 12.8. The number of aliphatic hydroxyl groups excluding tert-OH is 1. The first-order valence-electron chi connectivity index (χ1n) is 5.58. The van der Waals surface area contributed by atoms with Crippen molar-refractivity contribution in [1.82, 2.24) is 10.3 Å². The zero-order valence-electron chi connectivity index (χ0n) is 9.85. The van der Waals surface area contributed by atoms with E-state index in [1.807, 2.05) is 24.3 Å². The van der Waals surface area contributed by atoms with Crippen molar-refractivity contribution < 1.29 is 9.90 Å². The number of hydrogen-bond donors (Lipinski definition) is 2. The number of hydrogen-bond acceptors (Lipinski definition) is 3. The molecule has 0 bridgehead atoms. The van der Waals surface area contributed by atoms with Crippen LogP contribution in [0.1, 0.15) is 17.3 Å². The summed E-state index contributed by atoms with van der Waals surface area (Å²) in [6, 6.07) is 7.02. The quantitative estimate of drug-likeness (QED) is 0.834. The molecule has 1 aromatic carbocycles. The number of aliphatic hydroxyl groups is 1. The Labute approximate surface area is 110 Å². The summed E-state index contributed by atoms with van der Waals surface area (Å²) in [7, 11) is 0. The first-order valence-corrected chi connectivity index (χ1v) is 5.96. The van der Waals surface area contributed by atoms with E-state index in [1.165, 1.54) is 6.20 Å². The van der Waals surface area contributed by atoms with Gasteiger partial charge in [-0.3, -0.25) is 4.79 Å². The van der Waals surface area contributed by atoms with Gasteiger partial charge in [0, 0.05) is 17.6 Å². The van der Waals surface area contributed by atoms with Gasteiger partial charge in [-0.25, -0.2) is 4.98 Å². The van der Waals surface area contributed by atoms with Gasteiger partial charge in [0.1, 0.15) is 5.15 Å². The summed E-state index contributed by atoms with van der Waals surface area (Å²) in [5.74, 6) is -0.267. The van der Waals surface area contributed by atoms with Crippen LogP contribution in [0, 0.1) is 0 Å². The highest BCUT2D eigenvalue weighted by Gasteiger charge is 2.14. The second-order valence-corrected chi connectivity index (χ2v) is 4.42. The van der Waals surface area contributed by atoms with E-state index < -0.39 is 0 Å². The molecular formula is C13H13ClN2O2. The summed E-state index contributed by atoms with van der Waals surface area (Å²) >= 11 is 5.98. The van der Waals surface area contributed by atoms with E-state index in [2.05, 4.69) is 10.3 Å². The number of fused-ring (bicyclic) bond motifs is 1. The fourth-order valence-electron chi connectivity index (χ4n) is 1.69. The Kier molecular flexibility index (Phi) is 3.79. The SMILES string of the molecule is C[C@@H](CO)NC(=O)c1cnc(Cl)c2ccccc12. The number of aromatic nitrogens is 1. The van der Waals surface area contributed by atoms with E-state index in [0.717, 1.165) is 10.8 Å². The molecule has 1 aromatic heterocycles. The van der Waals surface area contributed by atoms with Gasteiger partial charge < -0.3 is 10.4 Å². The van der Waals surface area contributed by atoms with Crippen molar-refractivity contribution in [2.45, 2.75) is 13.0 Å². The van der Waals surface area contributed by atoms with Crippen LogP contribution in [0.4, 0.5) is 0 Å². The topological polar surface area (TPSA) is 62.2 Å². The molecule has 18 heavy (non-hydrogen) atoms. The molecule has 2 rings (SSSR count). The largest absolute Gasteiger partial charge is 0.394 e. The third kappa shape index (κ3) is 2.44. The molecule has 1 amide bonds. The summed E-state index contributed by atoms with van der Waals surface area (Å²) in [5.41, 5.74) is 0.454. The lowest BCUT2D eigenvalue weighted by Gasteiger charge is -2.12. The molecule has 0 unspecified atom stereocenters. The van der Waals surface area contributed by atoms with Crippen molar-refractivity contribution in [2.75, 3.05) is 6.61 Å². The van der Waals surface area contributed by atoms with Crippen molar-refractivity contribution in [2.24, 2.45) is 0 Å². The Morgan fingerprint density at radius 2 is 2.11 bits per heavy atom. The van der Waals surface area contributed by atoms with Crippen molar-refractivity contribution in [1.29, 1.82) is 0 Å². The van der Waals surface area contributed by atoms with E-state index in [1.54, 1.807) is 6.92 Å². The predicted octanol–water partition coefficient (Wildman–Crippen LogP) is 2.00. The molecule has 0 fully saturated rings. The Morgan fingerprint density at radius 3 is 2.78 bits per heavy atom. The molecule has 0 saturated carbocycles. The number of rotatable bonds is 3. The molecule has 0 spiro atoms. The van der Waals surface area contributed by atoms with Gasteiger partial charge in [0.15, 0.2) is 0 Å². The molecule has 1 atom stereocenters.